The molecule has 1 aliphatic rings. The van der Waals surface area contributed by atoms with Crippen LogP contribution in [-0.2, 0) is 13.0 Å². The Balaban J connectivity index is 2.18. The largest absolute Gasteiger partial charge is 0.389 e. The maximum absolute atomic E-state index is 10.8. The van der Waals surface area contributed by atoms with Crippen molar-refractivity contribution < 1.29 is 5.11 Å². The predicted octanol–water partition coefficient (Wildman–Crippen LogP) is 2.03. The molecule has 1 aliphatic carbocycles. The van der Waals surface area contributed by atoms with E-state index in [2.05, 4.69) is 30.9 Å². The van der Waals surface area contributed by atoms with Gasteiger partial charge in [-0.05, 0) is 31.1 Å². The van der Waals surface area contributed by atoms with E-state index in [1.54, 1.807) is 6.33 Å². The maximum atomic E-state index is 10.8. The molecule has 17 heavy (non-hydrogen) atoms. The number of nitrogens with zero attached hydrogens (tertiary/aromatic N) is 3. The summed E-state index contributed by atoms with van der Waals surface area (Å²) in [5, 5.41) is 15.0. The third-order valence-corrected chi connectivity index (χ3v) is 4.02. The Labute approximate surface area is 103 Å². The molecule has 2 atom stereocenters. The quantitative estimate of drug-likeness (QED) is 0.875. The second-order valence-corrected chi connectivity index (χ2v) is 6.22. The second kappa shape index (κ2) is 4.09. The van der Waals surface area contributed by atoms with E-state index >= 15 is 0 Å². The highest BCUT2D eigenvalue weighted by atomic mass is 16.3. The molecular weight excluding hydrogens is 214 g/mol. The highest BCUT2D eigenvalue weighted by Crippen LogP contribution is 2.48. The predicted molar refractivity (Wildman–Crippen MR) is 66.5 cm³/mol. The van der Waals surface area contributed by atoms with Gasteiger partial charge < -0.3 is 5.11 Å². The second-order valence-electron chi connectivity index (χ2n) is 6.22. The monoisotopic (exact) mass is 237 g/mol. The summed E-state index contributed by atoms with van der Waals surface area (Å²) in [5.74, 6) is 1.22. The summed E-state index contributed by atoms with van der Waals surface area (Å²) in [6, 6.07) is 0. The molecule has 1 aromatic rings. The molecule has 4 nitrogen and oxygen atoms in total. The van der Waals surface area contributed by atoms with Crippen LogP contribution in [0.1, 0.15) is 46.4 Å². The molecule has 1 aromatic heterocycles. The maximum Gasteiger partial charge on any atom is 0.138 e. The molecule has 0 saturated heterocycles. The van der Waals surface area contributed by atoms with Gasteiger partial charge in [0.1, 0.15) is 12.2 Å². The van der Waals surface area contributed by atoms with E-state index in [-0.39, 0.29) is 5.41 Å². The summed E-state index contributed by atoms with van der Waals surface area (Å²) in [4.78, 5) is 4.27. The lowest BCUT2D eigenvalue weighted by molar-refractivity contribution is 0.00179. The van der Waals surface area contributed by atoms with Gasteiger partial charge in [-0.25, -0.2) is 4.98 Å². The van der Waals surface area contributed by atoms with E-state index in [1.165, 1.54) is 0 Å². The minimum absolute atomic E-state index is 0.227. The molecule has 0 spiro atoms. The zero-order valence-corrected chi connectivity index (χ0v) is 11.3. The average Bonchev–Trinajstić information content (AvgIpc) is 2.69. The first-order valence-corrected chi connectivity index (χ1v) is 6.45. The van der Waals surface area contributed by atoms with Gasteiger partial charge in [0, 0.05) is 13.0 Å². The van der Waals surface area contributed by atoms with Gasteiger partial charge in [0.25, 0.3) is 0 Å². The van der Waals surface area contributed by atoms with Gasteiger partial charge in [0.05, 0.1) is 5.60 Å². The summed E-state index contributed by atoms with van der Waals surface area (Å²) in [5.41, 5.74) is -0.394. The smallest absolute Gasteiger partial charge is 0.138 e. The molecule has 0 aromatic carbocycles. The van der Waals surface area contributed by atoms with Crippen LogP contribution in [0.4, 0.5) is 0 Å². The molecule has 0 aliphatic heterocycles. The van der Waals surface area contributed by atoms with Crippen LogP contribution in [0, 0.1) is 11.3 Å². The SMILES string of the molecule is CCn1ncnc1CC1(O)CC(C)(C)CC1C. The van der Waals surface area contributed by atoms with Crippen LogP contribution in [-0.4, -0.2) is 25.5 Å². The van der Waals surface area contributed by atoms with Gasteiger partial charge >= 0.3 is 0 Å². The minimum atomic E-state index is -0.622. The Morgan fingerprint density at radius 3 is 2.76 bits per heavy atom. The minimum Gasteiger partial charge on any atom is -0.389 e. The van der Waals surface area contributed by atoms with E-state index < -0.39 is 5.60 Å². The molecule has 1 heterocycles. The first kappa shape index (κ1) is 12.6. The number of aliphatic hydroxyl groups is 1. The molecule has 1 N–H and O–H groups in total. The summed E-state index contributed by atoms with van der Waals surface area (Å²) in [6.07, 6.45) is 4.11. The number of hydrogen-bond donors (Lipinski definition) is 1. The molecule has 4 heteroatoms. The van der Waals surface area contributed by atoms with E-state index in [1.807, 2.05) is 11.6 Å². The topological polar surface area (TPSA) is 50.9 Å². The zero-order valence-electron chi connectivity index (χ0n) is 11.3. The van der Waals surface area contributed by atoms with Crippen molar-refractivity contribution in [2.24, 2.45) is 11.3 Å². The summed E-state index contributed by atoms with van der Waals surface area (Å²) in [7, 11) is 0. The Kier molecular flexibility index (Phi) is 3.02. The Bertz CT molecular complexity index is 399. The van der Waals surface area contributed by atoms with E-state index in [9.17, 15) is 5.11 Å². The van der Waals surface area contributed by atoms with Crippen LogP contribution in [0.3, 0.4) is 0 Å². The summed E-state index contributed by atoms with van der Waals surface area (Å²) >= 11 is 0. The number of aryl methyl sites for hydroxylation is 1. The third kappa shape index (κ3) is 2.37. The first-order valence-electron chi connectivity index (χ1n) is 6.45. The van der Waals surface area contributed by atoms with Crippen molar-refractivity contribution in [2.45, 2.75) is 59.1 Å². The lowest BCUT2D eigenvalue weighted by atomic mass is 9.87. The fourth-order valence-corrected chi connectivity index (χ4v) is 3.29. The first-order chi connectivity index (χ1) is 7.86. The van der Waals surface area contributed by atoms with Crippen molar-refractivity contribution in [2.75, 3.05) is 0 Å². The highest BCUT2D eigenvalue weighted by Gasteiger charge is 2.47. The van der Waals surface area contributed by atoms with Crippen LogP contribution in [0.5, 0.6) is 0 Å². The number of hydrogen-bond acceptors (Lipinski definition) is 3. The summed E-state index contributed by atoms with van der Waals surface area (Å²) < 4.78 is 1.87. The molecule has 2 rings (SSSR count). The molecule has 1 fully saturated rings. The Morgan fingerprint density at radius 1 is 1.53 bits per heavy atom. The zero-order chi connectivity index (χ0) is 12.7. The van der Waals surface area contributed by atoms with Gasteiger partial charge in [-0.2, -0.15) is 5.10 Å². The number of rotatable bonds is 3. The lowest BCUT2D eigenvalue weighted by Crippen LogP contribution is -2.36. The average molecular weight is 237 g/mol. The summed E-state index contributed by atoms with van der Waals surface area (Å²) in [6.45, 7) is 9.45. The van der Waals surface area contributed by atoms with Crippen molar-refractivity contribution in [3.05, 3.63) is 12.2 Å². The van der Waals surface area contributed by atoms with Gasteiger partial charge in [-0.1, -0.05) is 20.8 Å². The standard InChI is InChI=1S/C13H23N3O/c1-5-16-11(14-9-15-16)7-13(17)8-12(3,4)6-10(13)2/h9-10,17H,5-8H2,1-4H3. The van der Waals surface area contributed by atoms with Crippen molar-refractivity contribution in [1.82, 2.24) is 14.8 Å². The van der Waals surface area contributed by atoms with Crippen LogP contribution in [0.25, 0.3) is 0 Å². The molecule has 0 amide bonds. The van der Waals surface area contributed by atoms with Gasteiger partial charge in [0.15, 0.2) is 0 Å². The van der Waals surface area contributed by atoms with Crippen molar-refractivity contribution in [3.63, 3.8) is 0 Å². The van der Waals surface area contributed by atoms with Gasteiger partial charge in [-0.15, -0.1) is 0 Å². The van der Waals surface area contributed by atoms with Crippen LogP contribution in [0.2, 0.25) is 0 Å². The normalized spacial score (nSPS) is 31.9. The van der Waals surface area contributed by atoms with E-state index in [0.717, 1.165) is 25.2 Å². The van der Waals surface area contributed by atoms with Crippen LogP contribution < -0.4 is 0 Å². The fraction of sp³-hybridized carbons (Fsp3) is 0.846. The molecular formula is C13H23N3O. The fourth-order valence-electron chi connectivity index (χ4n) is 3.29. The number of aromatic nitrogens is 3. The third-order valence-electron chi connectivity index (χ3n) is 4.02. The molecule has 1 saturated carbocycles. The van der Waals surface area contributed by atoms with Crippen LogP contribution in [0.15, 0.2) is 6.33 Å². The Hall–Kier alpha value is -0.900. The Morgan fingerprint density at radius 2 is 2.24 bits per heavy atom. The highest BCUT2D eigenvalue weighted by molar-refractivity contribution is 5.04. The van der Waals surface area contributed by atoms with Gasteiger partial charge in [-0.3, -0.25) is 4.68 Å². The van der Waals surface area contributed by atoms with Crippen molar-refractivity contribution in [3.8, 4) is 0 Å². The van der Waals surface area contributed by atoms with Crippen molar-refractivity contribution >= 4 is 0 Å². The van der Waals surface area contributed by atoms with Crippen LogP contribution >= 0.6 is 0 Å². The molecule has 0 radical (unpaired) electrons. The van der Waals surface area contributed by atoms with Crippen molar-refractivity contribution in [1.29, 1.82) is 0 Å². The molecule has 0 bridgehead atoms. The molecule has 2 unspecified atom stereocenters. The van der Waals surface area contributed by atoms with E-state index in [0.29, 0.717) is 12.3 Å². The molecule has 96 valence electrons. The van der Waals surface area contributed by atoms with Gasteiger partial charge in [0.2, 0.25) is 0 Å². The van der Waals surface area contributed by atoms with E-state index in [4.69, 9.17) is 0 Å². The lowest BCUT2D eigenvalue weighted by Gasteiger charge is -2.28.